The number of amides is 2. The SMILES string of the molecule is CC(=O)[C@@H](NP(=O)(OC[C@H]1O[C@@H](N2C=CC(=O)CC2=O)[C@](C)(F)[C@@H]1O)Oc1ccccc1)C(C)C.CC(C)[C@H](NP(=O)(Cl)Oc1ccccc1)C(=O)CO.C[C@@]1(F)[C@H](O)[C@@H](CO)O[C@H]1N1C=CC(=O)CC1=O. The molecule has 398 valence electrons. The number of alkyl halides is 2. The Morgan fingerprint density at radius 1 is 0.750 bits per heavy atom. The third kappa shape index (κ3) is 15.7. The summed E-state index contributed by atoms with van der Waals surface area (Å²) in [4.78, 5) is 71.9. The number of nitrogens with zero attached hydrogens (tertiary/aromatic N) is 2. The summed E-state index contributed by atoms with van der Waals surface area (Å²) < 4.78 is 82.6. The molecule has 2 saturated heterocycles. The number of para-hydroxylation sites is 2. The van der Waals surface area contributed by atoms with Crippen molar-refractivity contribution < 1.29 is 90.1 Å². The Bertz CT molecular complexity index is 2400. The molecule has 0 aromatic heterocycles. The molecule has 2 fully saturated rings. The highest BCUT2D eigenvalue weighted by Gasteiger charge is 2.59. The van der Waals surface area contributed by atoms with E-state index in [4.69, 9.17) is 44.5 Å². The molecule has 6 rings (SSSR count). The molecule has 0 spiro atoms. The third-order valence-corrected chi connectivity index (χ3v) is 14.5. The molecular weight excluding hydrogens is 1020 g/mol. The molecule has 72 heavy (non-hydrogen) atoms. The lowest BCUT2D eigenvalue weighted by molar-refractivity contribution is -0.151. The number of nitrogens with one attached hydrogen (secondary N) is 2. The number of allylic oxidation sites excluding steroid dienone is 2. The van der Waals surface area contributed by atoms with E-state index in [1.54, 1.807) is 88.4 Å². The number of aliphatic hydroxyl groups is 4. The number of Topliss-reactive ketones (excluding diaryl/α,β-unsaturated/α-hetero) is 2. The van der Waals surface area contributed by atoms with E-state index in [9.17, 15) is 52.5 Å². The van der Waals surface area contributed by atoms with Crippen LogP contribution in [0.4, 0.5) is 8.78 Å². The largest absolute Gasteiger partial charge is 0.459 e. The molecule has 0 radical (unpaired) electrons. The van der Waals surface area contributed by atoms with Crippen molar-refractivity contribution in [2.24, 2.45) is 11.8 Å². The van der Waals surface area contributed by atoms with Crippen LogP contribution in [-0.4, -0.2) is 145 Å². The second kappa shape index (κ2) is 25.6. The lowest BCUT2D eigenvalue weighted by atomic mass is 9.97. The van der Waals surface area contributed by atoms with Crippen molar-refractivity contribution in [1.29, 1.82) is 0 Å². The van der Waals surface area contributed by atoms with E-state index >= 15 is 4.39 Å². The quantitative estimate of drug-likeness (QED) is 0.0848. The zero-order chi connectivity index (χ0) is 53.9. The maximum Gasteiger partial charge on any atom is 0.459 e. The molecule has 2 aromatic carbocycles. The van der Waals surface area contributed by atoms with Crippen molar-refractivity contribution in [2.75, 3.05) is 19.8 Å². The van der Waals surface area contributed by atoms with Crippen LogP contribution in [0.3, 0.4) is 0 Å². The first-order valence-corrected chi connectivity index (χ1v) is 26.6. The van der Waals surface area contributed by atoms with Crippen molar-refractivity contribution in [3.63, 3.8) is 0 Å². The molecule has 2 aromatic rings. The van der Waals surface area contributed by atoms with Crippen LogP contribution in [-0.2, 0) is 51.9 Å². The van der Waals surface area contributed by atoms with Gasteiger partial charge >= 0.3 is 14.6 Å². The number of carbonyl (C=O) groups excluding carboxylic acids is 6. The predicted octanol–water partition coefficient (Wildman–Crippen LogP) is 4.22. The number of ether oxygens (including phenoxy) is 2. The van der Waals surface area contributed by atoms with Gasteiger partial charge in [-0.25, -0.2) is 28.1 Å². The van der Waals surface area contributed by atoms with Crippen LogP contribution >= 0.6 is 25.9 Å². The fourth-order valence-corrected chi connectivity index (χ4v) is 11.0. The minimum absolute atomic E-state index is 0.175. The minimum atomic E-state index is -4.22. The Kier molecular flexibility index (Phi) is 21.3. The number of carbonyl (C=O) groups is 6. The van der Waals surface area contributed by atoms with Crippen molar-refractivity contribution >= 4 is 60.8 Å². The molecule has 12 atom stereocenters. The van der Waals surface area contributed by atoms with Gasteiger partial charge in [-0.2, -0.15) is 0 Å². The number of hydrogen-bond acceptors (Lipinski definition) is 17. The fraction of sp³-hybridized carbons (Fsp3) is 0.522. The second-order valence-corrected chi connectivity index (χ2v) is 22.4. The van der Waals surface area contributed by atoms with Gasteiger partial charge in [-0.1, -0.05) is 64.1 Å². The molecule has 0 saturated carbocycles. The summed E-state index contributed by atoms with van der Waals surface area (Å²) in [5.74, 6) is -2.73. The van der Waals surface area contributed by atoms with Crippen molar-refractivity contribution in [3.05, 3.63) is 85.2 Å². The zero-order valence-corrected chi connectivity index (χ0v) is 43.0. The number of hydrogen-bond donors (Lipinski definition) is 6. The van der Waals surface area contributed by atoms with Gasteiger partial charge in [-0.3, -0.25) is 43.1 Å². The predicted molar refractivity (Wildman–Crippen MR) is 254 cm³/mol. The summed E-state index contributed by atoms with van der Waals surface area (Å²) in [5.41, 5.74) is -4.64. The molecule has 2 amide bonds. The third-order valence-electron chi connectivity index (χ3n) is 11.4. The van der Waals surface area contributed by atoms with Crippen molar-refractivity contribution in [3.8, 4) is 11.5 Å². The zero-order valence-electron chi connectivity index (χ0n) is 40.4. The number of ketones is 4. The van der Waals surface area contributed by atoms with Crippen LogP contribution in [0.2, 0.25) is 0 Å². The van der Waals surface area contributed by atoms with Gasteiger partial charge in [0.25, 0.3) is 0 Å². The average molecular weight is 1080 g/mol. The van der Waals surface area contributed by atoms with Gasteiger partial charge in [0.2, 0.25) is 11.8 Å². The van der Waals surface area contributed by atoms with E-state index in [2.05, 4.69) is 10.2 Å². The molecule has 2 unspecified atom stereocenters. The maximum absolute atomic E-state index is 15.5. The summed E-state index contributed by atoms with van der Waals surface area (Å²) in [6.45, 7) is 5.02. The summed E-state index contributed by atoms with van der Waals surface area (Å²) >= 11 is 5.80. The van der Waals surface area contributed by atoms with E-state index in [1.807, 2.05) is 0 Å². The molecular formula is C46H61ClF2N4O17P2. The maximum atomic E-state index is 15.5. The number of rotatable bonds is 19. The first-order valence-electron chi connectivity index (χ1n) is 22.5. The highest BCUT2D eigenvalue weighted by Crippen LogP contribution is 2.50. The summed E-state index contributed by atoms with van der Waals surface area (Å²) in [6.07, 6.45) is -4.88. The van der Waals surface area contributed by atoms with Crippen LogP contribution in [0.5, 0.6) is 11.5 Å². The fourth-order valence-electron chi connectivity index (χ4n) is 7.49. The van der Waals surface area contributed by atoms with E-state index in [0.29, 0.717) is 5.75 Å². The molecule has 21 nitrogen and oxygen atoms in total. The first kappa shape index (κ1) is 59.9. The lowest BCUT2D eigenvalue weighted by Crippen LogP contribution is -2.51. The van der Waals surface area contributed by atoms with E-state index in [0.717, 1.165) is 48.2 Å². The first-order chi connectivity index (χ1) is 33.6. The van der Waals surface area contributed by atoms with Gasteiger partial charge in [0.05, 0.1) is 38.1 Å². The van der Waals surface area contributed by atoms with Gasteiger partial charge < -0.3 is 38.9 Å². The molecule has 4 heterocycles. The molecule has 4 aliphatic heterocycles. The van der Waals surface area contributed by atoms with Crippen LogP contribution in [0, 0.1) is 11.8 Å². The Balaban J connectivity index is 0.000000257. The Morgan fingerprint density at radius 3 is 1.57 bits per heavy atom. The average Bonchev–Trinajstić information content (AvgIpc) is 3.68. The summed E-state index contributed by atoms with van der Waals surface area (Å²) in [7, 11) is -4.22. The highest BCUT2D eigenvalue weighted by atomic mass is 35.7. The summed E-state index contributed by atoms with van der Waals surface area (Å²) in [6, 6.07) is 14.9. The number of halogens is 3. The van der Waals surface area contributed by atoms with E-state index < -0.39 is 125 Å². The van der Waals surface area contributed by atoms with Crippen LogP contribution < -0.4 is 19.2 Å². The van der Waals surface area contributed by atoms with Gasteiger partial charge in [-0.15, -0.1) is 0 Å². The van der Waals surface area contributed by atoms with E-state index in [-0.39, 0.29) is 35.6 Å². The Hall–Kier alpha value is -4.61. The monoisotopic (exact) mass is 1080 g/mol. The Morgan fingerprint density at radius 2 is 1.18 bits per heavy atom. The second-order valence-electron chi connectivity index (χ2n) is 18.0. The smallest absolute Gasteiger partial charge is 0.422 e. The number of aliphatic hydroxyl groups excluding tert-OH is 4. The summed E-state index contributed by atoms with van der Waals surface area (Å²) in [5, 5.41) is 43.2. The normalized spacial score (nSPS) is 28.6. The molecule has 0 aliphatic carbocycles. The van der Waals surface area contributed by atoms with Crippen molar-refractivity contribution in [1.82, 2.24) is 20.0 Å². The van der Waals surface area contributed by atoms with Gasteiger partial charge in [0.15, 0.2) is 41.1 Å². The van der Waals surface area contributed by atoms with Crippen LogP contribution in [0.25, 0.3) is 0 Å². The van der Waals surface area contributed by atoms with Gasteiger partial charge in [0, 0.05) is 23.6 Å². The highest BCUT2D eigenvalue weighted by molar-refractivity contribution is 7.84. The standard InChI is InChI=1S/C23H30FN2O8P.C12H17ClNO4P.C11H14FNO5/c1-14(2)20(15(3)27)25-35(31,34-17-8-6-5-7-9-17)32-13-18-21(30)23(4,24)22(33-18)26-11-10-16(28)12-19(26)29;1-9(2)12(11(16)8-15)14-19(13,17)18-10-6-4-3-5-7-10;1-11(12)9(17)7(5-14)18-10(11)13-3-2-6(15)4-8(13)16/h5-11,14,18,20-22,30H,12-13H2,1-4H3,(H,25,31);3-7,9,12,15H,8H2,1-2H3,(H,14,17);2-3,7,9-10,14,17H,4-5H2,1H3/t18-,20+,21-,22-,23-,35?;12-,19?;7-,9-,10-,11-/m101/s1. The Labute approximate surface area is 419 Å². The lowest BCUT2D eigenvalue weighted by Gasteiger charge is -2.32. The molecule has 6 N–H and O–H groups in total. The van der Waals surface area contributed by atoms with Gasteiger partial charge in [0.1, 0.15) is 48.3 Å². The molecule has 26 heteroatoms. The molecule has 0 bridgehead atoms. The van der Waals surface area contributed by atoms with Crippen molar-refractivity contribution in [2.45, 2.75) is 122 Å². The van der Waals surface area contributed by atoms with Crippen LogP contribution in [0.1, 0.15) is 61.3 Å². The number of benzene rings is 2. The minimum Gasteiger partial charge on any atom is -0.422 e. The van der Waals surface area contributed by atoms with Gasteiger partial charge in [-0.05, 0) is 69.0 Å². The topological polar surface area (TPSA) is 294 Å². The van der Waals surface area contributed by atoms with E-state index in [1.165, 1.54) is 6.92 Å². The van der Waals surface area contributed by atoms with Crippen LogP contribution in [0.15, 0.2) is 85.2 Å². The molecule has 4 aliphatic rings.